The van der Waals surface area contributed by atoms with E-state index in [0.717, 1.165) is 22.6 Å². The molecule has 0 bridgehead atoms. The number of nitrogens with one attached hydrogen (secondary N) is 2. The minimum atomic E-state index is 0.572. The number of fused-ring (bicyclic) bond motifs is 1. The van der Waals surface area contributed by atoms with Crippen LogP contribution in [0.1, 0.15) is 5.56 Å². The van der Waals surface area contributed by atoms with Gasteiger partial charge in [-0.15, -0.1) is 0 Å². The van der Waals surface area contributed by atoms with Gasteiger partial charge in [0.05, 0.1) is 12.1 Å². The molecular weight excluding hydrogens is 312 g/mol. The zero-order valence-electron chi connectivity index (χ0n) is 14.3. The highest BCUT2D eigenvalue weighted by Gasteiger charge is 2.03. The van der Waals surface area contributed by atoms with Gasteiger partial charge in [-0.1, -0.05) is 36.4 Å². The van der Waals surface area contributed by atoms with Crippen molar-refractivity contribution in [3.63, 3.8) is 0 Å². The van der Waals surface area contributed by atoms with Gasteiger partial charge in [0.25, 0.3) is 0 Å². The van der Waals surface area contributed by atoms with Crippen LogP contribution in [-0.4, -0.2) is 31.1 Å². The predicted molar refractivity (Wildman–Crippen MR) is 102 cm³/mol. The molecule has 0 unspecified atom stereocenters. The third-order valence-electron chi connectivity index (χ3n) is 3.82. The lowest BCUT2D eigenvalue weighted by atomic mass is 10.1. The first-order valence-corrected chi connectivity index (χ1v) is 8.32. The molecule has 0 saturated heterocycles. The van der Waals surface area contributed by atoms with Crippen molar-refractivity contribution in [2.24, 2.45) is 4.99 Å². The molecule has 2 aromatic carbocycles. The molecule has 25 heavy (non-hydrogen) atoms. The molecule has 0 atom stereocenters. The SMILES string of the molecule is CN=C(NCCOc1ccccc1)NCc1ccnc2ccccc12. The van der Waals surface area contributed by atoms with Crippen LogP contribution in [0.3, 0.4) is 0 Å². The molecule has 0 aliphatic heterocycles. The lowest BCUT2D eigenvalue weighted by Crippen LogP contribution is -2.38. The van der Waals surface area contributed by atoms with E-state index in [1.165, 1.54) is 5.56 Å². The van der Waals surface area contributed by atoms with E-state index in [2.05, 4.69) is 26.7 Å². The van der Waals surface area contributed by atoms with Crippen molar-refractivity contribution in [1.82, 2.24) is 15.6 Å². The zero-order chi connectivity index (χ0) is 17.3. The van der Waals surface area contributed by atoms with Gasteiger partial charge in [0.2, 0.25) is 0 Å². The molecule has 0 aliphatic carbocycles. The number of aliphatic imine (C=N–C) groups is 1. The monoisotopic (exact) mass is 334 g/mol. The molecule has 0 fully saturated rings. The van der Waals surface area contributed by atoms with Crippen molar-refractivity contribution in [2.75, 3.05) is 20.2 Å². The van der Waals surface area contributed by atoms with Crippen LogP contribution >= 0.6 is 0 Å². The standard InChI is InChI=1S/C20H22N4O/c1-21-20(23-13-14-25-17-7-3-2-4-8-17)24-15-16-11-12-22-19-10-6-5-9-18(16)19/h2-12H,13-15H2,1H3,(H2,21,23,24). The number of para-hydroxylation sites is 2. The van der Waals surface area contributed by atoms with E-state index in [1.54, 1.807) is 7.05 Å². The Labute approximate surface area is 147 Å². The number of ether oxygens (including phenoxy) is 1. The Hall–Kier alpha value is -3.08. The third-order valence-corrected chi connectivity index (χ3v) is 3.82. The van der Waals surface area contributed by atoms with Crippen LogP contribution in [0.25, 0.3) is 10.9 Å². The molecule has 5 heteroatoms. The minimum absolute atomic E-state index is 0.572. The molecule has 0 spiro atoms. The van der Waals surface area contributed by atoms with Crippen molar-refractivity contribution in [3.8, 4) is 5.75 Å². The quantitative estimate of drug-likeness (QED) is 0.413. The molecule has 3 aromatic rings. The van der Waals surface area contributed by atoms with Crippen LogP contribution in [0.15, 0.2) is 71.9 Å². The number of pyridine rings is 1. The number of hydrogen-bond acceptors (Lipinski definition) is 3. The van der Waals surface area contributed by atoms with Crippen LogP contribution in [-0.2, 0) is 6.54 Å². The van der Waals surface area contributed by atoms with Crippen LogP contribution < -0.4 is 15.4 Å². The second-order valence-electron chi connectivity index (χ2n) is 5.50. The van der Waals surface area contributed by atoms with Crippen molar-refractivity contribution < 1.29 is 4.74 Å². The summed E-state index contributed by atoms with van der Waals surface area (Å²) in [6.45, 7) is 1.93. The Morgan fingerprint density at radius 3 is 2.64 bits per heavy atom. The molecule has 0 amide bonds. The minimum Gasteiger partial charge on any atom is -0.492 e. The normalized spacial score (nSPS) is 11.3. The topological polar surface area (TPSA) is 58.5 Å². The highest BCUT2D eigenvalue weighted by atomic mass is 16.5. The maximum Gasteiger partial charge on any atom is 0.191 e. The molecule has 1 heterocycles. The second-order valence-corrected chi connectivity index (χ2v) is 5.50. The van der Waals surface area contributed by atoms with Gasteiger partial charge in [0.1, 0.15) is 12.4 Å². The van der Waals surface area contributed by atoms with Gasteiger partial charge in [-0.3, -0.25) is 9.98 Å². The van der Waals surface area contributed by atoms with Gasteiger partial charge in [0, 0.05) is 25.2 Å². The highest BCUT2D eigenvalue weighted by Crippen LogP contribution is 2.15. The zero-order valence-corrected chi connectivity index (χ0v) is 14.3. The molecular formula is C20H22N4O. The van der Waals surface area contributed by atoms with Crippen molar-refractivity contribution in [2.45, 2.75) is 6.54 Å². The summed E-state index contributed by atoms with van der Waals surface area (Å²) >= 11 is 0. The molecule has 3 rings (SSSR count). The Morgan fingerprint density at radius 1 is 1.00 bits per heavy atom. The summed E-state index contributed by atoms with van der Waals surface area (Å²) in [5.74, 6) is 1.62. The van der Waals surface area contributed by atoms with E-state index in [4.69, 9.17) is 4.74 Å². The van der Waals surface area contributed by atoms with Gasteiger partial charge in [0.15, 0.2) is 5.96 Å². The summed E-state index contributed by atoms with van der Waals surface area (Å²) in [5.41, 5.74) is 2.19. The van der Waals surface area contributed by atoms with Gasteiger partial charge < -0.3 is 15.4 Å². The van der Waals surface area contributed by atoms with Crippen LogP contribution in [0.2, 0.25) is 0 Å². The second kappa shape index (κ2) is 8.68. The van der Waals surface area contributed by atoms with Gasteiger partial charge >= 0.3 is 0 Å². The Bertz CT molecular complexity index is 828. The first-order chi connectivity index (χ1) is 12.4. The summed E-state index contributed by atoms with van der Waals surface area (Å²) in [6, 6.07) is 20.0. The number of aromatic nitrogens is 1. The lowest BCUT2D eigenvalue weighted by Gasteiger charge is -2.13. The first kappa shape index (κ1) is 16.8. The van der Waals surface area contributed by atoms with E-state index >= 15 is 0 Å². The van der Waals surface area contributed by atoms with E-state index in [-0.39, 0.29) is 0 Å². The lowest BCUT2D eigenvalue weighted by molar-refractivity contribution is 0.322. The maximum atomic E-state index is 5.67. The molecule has 2 N–H and O–H groups in total. The third kappa shape index (κ3) is 4.70. The Balaban J connectivity index is 1.49. The molecule has 0 saturated carbocycles. The van der Waals surface area contributed by atoms with Crippen LogP contribution in [0, 0.1) is 0 Å². The Kier molecular flexibility index (Phi) is 5.82. The van der Waals surface area contributed by atoms with Gasteiger partial charge in [-0.2, -0.15) is 0 Å². The fraction of sp³-hybridized carbons (Fsp3) is 0.200. The number of guanidine groups is 1. The molecule has 5 nitrogen and oxygen atoms in total. The largest absolute Gasteiger partial charge is 0.492 e. The van der Waals surface area contributed by atoms with Gasteiger partial charge in [-0.05, 0) is 29.8 Å². The van der Waals surface area contributed by atoms with E-state index in [0.29, 0.717) is 19.7 Å². The summed E-state index contributed by atoms with van der Waals surface area (Å²) in [7, 11) is 1.76. The maximum absolute atomic E-state index is 5.67. The smallest absolute Gasteiger partial charge is 0.191 e. The number of nitrogens with zero attached hydrogens (tertiary/aromatic N) is 2. The molecule has 0 aliphatic rings. The Morgan fingerprint density at radius 2 is 1.80 bits per heavy atom. The number of benzene rings is 2. The average Bonchev–Trinajstić information content (AvgIpc) is 2.68. The van der Waals surface area contributed by atoms with Gasteiger partial charge in [-0.25, -0.2) is 0 Å². The summed E-state index contributed by atoms with van der Waals surface area (Å²) < 4.78 is 5.67. The van der Waals surface area contributed by atoms with Crippen LogP contribution in [0.4, 0.5) is 0 Å². The number of hydrogen-bond donors (Lipinski definition) is 2. The summed E-state index contributed by atoms with van der Waals surface area (Å²) in [5, 5.41) is 7.74. The summed E-state index contributed by atoms with van der Waals surface area (Å²) in [4.78, 5) is 8.64. The summed E-state index contributed by atoms with van der Waals surface area (Å²) in [6.07, 6.45) is 1.84. The average molecular weight is 334 g/mol. The van der Waals surface area contributed by atoms with E-state index < -0.39 is 0 Å². The highest BCUT2D eigenvalue weighted by molar-refractivity contribution is 5.83. The molecule has 0 radical (unpaired) electrons. The van der Waals surface area contributed by atoms with Crippen molar-refractivity contribution >= 4 is 16.9 Å². The predicted octanol–water partition coefficient (Wildman–Crippen LogP) is 2.98. The van der Waals surface area contributed by atoms with E-state index in [9.17, 15) is 0 Å². The van der Waals surface area contributed by atoms with Crippen molar-refractivity contribution in [3.05, 3.63) is 72.4 Å². The van der Waals surface area contributed by atoms with Crippen LogP contribution in [0.5, 0.6) is 5.75 Å². The number of rotatable bonds is 6. The first-order valence-electron chi connectivity index (χ1n) is 8.32. The van der Waals surface area contributed by atoms with E-state index in [1.807, 2.05) is 60.8 Å². The fourth-order valence-electron chi connectivity index (χ4n) is 2.56. The van der Waals surface area contributed by atoms with Crippen molar-refractivity contribution in [1.29, 1.82) is 0 Å². The molecule has 128 valence electrons. The molecule has 1 aromatic heterocycles. The fourth-order valence-corrected chi connectivity index (χ4v) is 2.56.